The molecule has 0 atom stereocenters. The van der Waals surface area contributed by atoms with Crippen LogP contribution in [0.5, 0.6) is 0 Å². The van der Waals surface area contributed by atoms with E-state index >= 15 is 0 Å². The summed E-state index contributed by atoms with van der Waals surface area (Å²) in [6.45, 7) is 0. The van der Waals surface area contributed by atoms with Crippen LogP contribution in [0, 0.1) is 15.3 Å². The fraction of sp³-hybridized carbons (Fsp3) is 0. The maximum Gasteiger partial charge on any atom is 1.00 e. The van der Waals surface area contributed by atoms with Crippen molar-refractivity contribution >= 4 is 69.5 Å². The van der Waals surface area contributed by atoms with Crippen LogP contribution >= 0.6 is 15.8 Å². The van der Waals surface area contributed by atoms with E-state index in [1.807, 2.05) is 24.5 Å². The second-order valence-electron chi connectivity index (χ2n) is 15.2. The summed E-state index contributed by atoms with van der Waals surface area (Å²) >= 11 is 0. The summed E-state index contributed by atoms with van der Waals surface area (Å²) in [5.41, 5.74) is 6.65. The molecule has 6 nitrogen and oxygen atoms in total. The van der Waals surface area contributed by atoms with Crippen molar-refractivity contribution < 1.29 is 22.2 Å². The van der Waals surface area contributed by atoms with Gasteiger partial charge in [0.15, 0.2) is 0 Å². The van der Waals surface area contributed by atoms with Crippen LogP contribution < -0.4 is 31.8 Å². The topological polar surface area (TPSA) is 92.0 Å². The Morgan fingerprint density at radius 1 is 0.304 bits per heavy atom. The van der Waals surface area contributed by atoms with E-state index in [9.17, 15) is 0 Å². The molecule has 2 aromatic heterocycles. The van der Waals surface area contributed by atoms with Gasteiger partial charge in [-0.1, -0.05) is 255 Å². The first kappa shape index (κ1) is 49.3. The summed E-state index contributed by atoms with van der Waals surface area (Å²) in [4.78, 5) is 17.6. The smallest absolute Gasteiger partial charge is 0.356 e. The number of pyridine rings is 2. The number of nitrogens with zero attached hydrogens (tertiary/aromatic N) is 3. The van der Waals surface area contributed by atoms with E-state index in [0.29, 0.717) is 0 Å². The average molecular weight is 983 g/mol. The molecule has 340 valence electrons. The first-order chi connectivity index (χ1) is 33.5. The molecule has 9 heteroatoms. The van der Waals surface area contributed by atoms with Crippen molar-refractivity contribution in [3.05, 3.63) is 295 Å². The van der Waals surface area contributed by atoms with Gasteiger partial charge in [0.1, 0.15) is 0 Å². The Labute approximate surface area is 416 Å². The molecule has 0 unspecified atom stereocenters. The van der Waals surface area contributed by atoms with Gasteiger partial charge in [-0.2, -0.15) is 0 Å². The Bertz CT molecular complexity index is 2850. The molecule has 0 amide bonds. The third kappa shape index (κ3) is 13.1. The Kier molecular flexibility index (Phi) is 18.2. The SMILES string of the molecule is O=[N+]([O-])[O-].[Cu+].c1ccc(-c2ccnc3c2ccc2c(-c4ccccc4)ccnc23)cc1.c1ccc(P(c2ccccc2)c2ccccc2)cc1.c1ccc(P(c2ccccc2)c2ccccc2)cc1. The van der Waals surface area contributed by atoms with Crippen molar-refractivity contribution in [2.24, 2.45) is 0 Å². The van der Waals surface area contributed by atoms with Crippen molar-refractivity contribution in [3.63, 3.8) is 0 Å². The van der Waals surface area contributed by atoms with E-state index in [4.69, 9.17) is 15.3 Å². The molecule has 0 N–H and O–H groups in total. The number of rotatable bonds is 8. The van der Waals surface area contributed by atoms with Gasteiger partial charge >= 0.3 is 17.1 Å². The van der Waals surface area contributed by atoms with Crippen LogP contribution in [0.15, 0.2) is 279 Å². The van der Waals surface area contributed by atoms with Gasteiger partial charge in [-0.25, -0.2) is 0 Å². The van der Waals surface area contributed by atoms with Crippen LogP contribution in [0.3, 0.4) is 0 Å². The van der Waals surface area contributed by atoms with E-state index in [1.165, 1.54) is 54.1 Å². The van der Waals surface area contributed by atoms with E-state index in [2.05, 4.69) is 265 Å². The van der Waals surface area contributed by atoms with Gasteiger partial charge in [0.05, 0.1) is 16.1 Å². The fourth-order valence-electron chi connectivity index (χ4n) is 7.92. The minimum Gasteiger partial charge on any atom is -0.356 e. The minimum atomic E-state index is -1.75. The summed E-state index contributed by atoms with van der Waals surface area (Å²) in [7, 11) is -0.892. The van der Waals surface area contributed by atoms with Gasteiger partial charge < -0.3 is 15.3 Å². The maximum atomic E-state index is 8.25. The van der Waals surface area contributed by atoms with Crippen LogP contribution in [-0.4, -0.2) is 15.1 Å². The first-order valence-corrected chi connectivity index (χ1v) is 24.7. The molecule has 0 aliphatic carbocycles. The molecule has 9 aromatic carbocycles. The molecule has 0 aliphatic heterocycles. The number of aromatic nitrogens is 2. The zero-order chi connectivity index (χ0) is 46.8. The molecule has 0 aliphatic rings. The number of benzene rings is 9. The molecule has 69 heavy (non-hydrogen) atoms. The summed E-state index contributed by atoms with van der Waals surface area (Å²) < 4.78 is 0. The molecule has 2 heterocycles. The molecule has 0 spiro atoms. The standard InChI is InChI=1S/C24H16N2.2C18H15P.Cu.NO3/c1-3-7-17(8-4-1)19-13-15-25-23-21(19)11-12-22-20(14-16-26-24(22)23)18-9-5-2-6-10-18;2*1-4-10-16(11-5-1)19(17-12-6-2-7-13-17)18-14-8-3-9-15-18;;2-1(3)4/h1-16H;2*1-15H;;/q;;;+1;-1. The Morgan fingerprint density at radius 3 is 0.725 bits per heavy atom. The predicted molar refractivity (Wildman–Crippen MR) is 289 cm³/mol. The monoisotopic (exact) mass is 981 g/mol. The Hall–Kier alpha value is -7.62. The molecule has 0 radical (unpaired) electrons. The largest absolute Gasteiger partial charge is 1.00 e. The Balaban J connectivity index is 0.000000148. The second kappa shape index (κ2) is 25.5. The predicted octanol–water partition coefficient (Wildman–Crippen LogP) is 12.8. The molecule has 0 saturated carbocycles. The molecule has 0 saturated heterocycles. The molecule has 11 aromatic rings. The van der Waals surface area contributed by atoms with Crippen molar-refractivity contribution in [1.82, 2.24) is 9.97 Å². The van der Waals surface area contributed by atoms with Crippen LogP contribution in [-0.2, 0) is 17.1 Å². The van der Waals surface area contributed by atoms with Gasteiger partial charge in [-0.05, 0) is 82.1 Å². The van der Waals surface area contributed by atoms with Crippen molar-refractivity contribution in [3.8, 4) is 22.3 Å². The molecular formula is C60H46CuN3O3P2. The Morgan fingerprint density at radius 2 is 0.507 bits per heavy atom. The number of hydrogen-bond donors (Lipinski definition) is 0. The molecular weight excluding hydrogens is 936 g/mol. The van der Waals surface area contributed by atoms with Crippen LogP contribution in [0.2, 0.25) is 0 Å². The zero-order valence-electron chi connectivity index (χ0n) is 37.3. The fourth-order valence-corrected chi connectivity index (χ4v) is 12.5. The van der Waals surface area contributed by atoms with E-state index in [-0.39, 0.29) is 17.1 Å². The van der Waals surface area contributed by atoms with Gasteiger partial charge in [0.2, 0.25) is 0 Å². The normalized spacial score (nSPS) is 10.3. The maximum absolute atomic E-state index is 8.25. The summed E-state index contributed by atoms with van der Waals surface area (Å²) in [6.07, 6.45) is 3.75. The summed E-state index contributed by atoms with van der Waals surface area (Å²) in [5.74, 6) is 0. The first-order valence-electron chi connectivity index (χ1n) is 22.0. The van der Waals surface area contributed by atoms with E-state index in [1.54, 1.807) is 0 Å². The van der Waals surface area contributed by atoms with Crippen molar-refractivity contribution in [2.45, 2.75) is 0 Å². The van der Waals surface area contributed by atoms with E-state index in [0.717, 1.165) is 21.8 Å². The third-order valence-corrected chi connectivity index (χ3v) is 15.8. The van der Waals surface area contributed by atoms with Crippen molar-refractivity contribution in [1.29, 1.82) is 0 Å². The quantitative estimate of drug-likeness (QED) is 0.0497. The number of fused-ring (bicyclic) bond motifs is 3. The second-order valence-corrected chi connectivity index (χ2v) is 19.7. The van der Waals surface area contributed by atoms with E-state index < -0.39 is 20.9 Å². The van der Waals surface area contributed by atoms with Crippen LogP contribution in [0.25, 0.3) is 44.1 Å². The van der Waals surface area contributed by atoms with Gasteiger partial charge in [-0.3, -0.25) is 9.97 Å². The number of hydrogen-bond acceptors (Lipinski definition) is 5. The van der Waals surface area contributed by atoms with Crippen LogP contribution in [0.4, 0.5) is 0 Å². The summed E-state index contributed by atoms with van der Waals surface area (Å²) in [6, 6.07) is 94.0. The third-order valence-electron chi connectivity index (χ3n) is 10.9. The van der Waals surface area contributed by atoms with Gasteiger partial charge in [-0.15, -0.1) is 0 Å². The molecule has 0 fully saturated rings. The minimum absolute atomic E-state index is 0. The van der Waals surface area contributed by atoms with Crippen molar-refractivity contribution in [2.75, 3.05) is 0 Å². The van der Waals surface area contributed by atoms with Crippen LogP contribution in [0.1, 0.15) is 0 Å². The van der Waals surface area contributed by atoms with Gasteiger partial charge in [0, 0.05) is 23.2 Å². The molecule has 11 rings (SSSR count). The summed E-state index contributed by atoms with van der Waals surface area (Å²) in [5, 5.41) is 25.4. The molecule has 0 bridgehead atoms. The zero-order valence-corrected chi connectivity index (χ0v) is 40.1. The average Bonchev–Trinajstić information content (AvgIpc) is 3.41. The van der Waals surface area contributed by atoms with Gasteiger partial charge in [0.25, 0.3) is 0 Å².